The van der Waals surface area contributed by atoms with Crippen LogP contribution in [-0.2, 0) is 17.4 Å². The van der Waals surface area contributed by atoms with Crippen molar-refractivity contribution in [3.8, 4) is 6.07 Å². The fourth-order valence-electron chi connectivity index (χ4n) is 2.77. The zero-order chi connectivity index (χ0) is 15.5. The Hall–Kier alpha value is -1.87. The summed E-state index contributed by atoms with van der Waals surface area (Å²) in [4.78, 5) is 12.4. The van der Waals surface area contributed by atoms with Crippen molar-refractivity contribution < 1.29 is 9.90 Å². The number of rotatable bonds is 4. The van der Waals surface area contributed by atoms with Gasteiger partial charge in [-0.3, -0.25) is 9.48 Å². The van der Waals surface area contributed by atoms with Crippen molar-refractivity contribution in [2.24, 2.45) is 12.5 Å². The highest BCUT2D eigenvalue weighted by molar-refractivity contribution is 5.85. The first-order valence-electron chi connectivity index (χ1n) is 7.31. The number of nitrogens with zero attached hydrogens (tertiary/aromatic N) is 3. The molecule has 1 amide bonds. The quantitative estimate of drug-likeness (QED) is 0.872. The Morgan fingerprint density at radius 3 is 2.76 bits per heavy atom. The first kappa shape index (κ1) is 15.5. The molecular weight excluding hydrogens is 268 g/mol. The van der Waals surface area contributed by atoms with Crippen LogP contribution in [0.25, 0.3) is 0 Å². The Morgan fingerprint density at radius 2 is 2.24 bits per heavy atom. The Balaban J connectivity index is 2.01. The molecule has 1 aliphatic rings. The van der Waals surface area contributed by atoms with E-state index in [0.717, 1.165) is 19.3 Å². The lowest BCUT2D eigenvalue weighted by Gasteiger charge is -2.31. The molecule has 1 fully saturated rings. The van der Waals surface area contributed by atoms with Gasteiger partial charge in [0.15, 0.2) is 0 Å². The second-order valence-corrected chi connectivity index (χ2v) is 6.11. The number of carbonyl (C=O) groups is 1. The second-order valence-electron chi connectivity index (χ2n) is 6.11. The molecule has 21 heavy (non-hydrogen) atoms. The number of aryl methyl sites for hydroxylation is 1. The lowest BCUT2D eigenvalue weighted by Crippen LogP contribution is -2.46. The minimum Gasteiger partial charge on any atom is -0.383 e. The molecule has 6 heteroatoms. The summed E-state index contributed by atoms with van der Waals surface area (Å²) >= 11 is 0. The van der Waals surface area contributed by atoms with E-state index in [1.54, 1.807) is 31.0 Å². The number of aromatic nitrogens is 2. The number of hydrogen-bond acceptors (Lipinski definition) is 4. The number of aliphatic hydroxyl groups is 1. The molecule has 1 heterocycles. The fraction of sp³-hybridized carbons (Fsp3) is 0.667. The van der Waals surface area contributed by atoms with Crippen LogP contribution < -0.4 is 5.32 Å². The number of nitrogens with one attached hydrogen (secondary N) is 1. The summed E-state index contributed by atoms with van der Waals surface area (Å²) in [6.07, 6.45) is 7.37. The number of amides is 1. The van der Waals surface area contributed by atoms with E-state index in [1.165, 1.54) is 0 Å². The molecule has 1 aliphatic carbocycles. The van der Waals surface area contributed by atoms with Gasteiger partial charge in [-0.25, -0.2) is 0 Å². The Bertz CT molecular complexity index is 550. The van der Waals surface area contributed by atoms with Gasteiger partial charge in [0, 0.05) is 18.8 Å². The maximum Gasteiger partial charge on any atom is 0.240 e. The molecule has 0 aliphatic heterocycles. The summed E-state index contributed by atoms with van der Waals surface area (Å²) in [7, 11) is 1.77. The highest BCUT2D eigenvalue weighted by atomic mass is 16.3. The first-order valence-corrected chi connectivity index (χ1v) is 7.31. The van der Waals surface area contributed by atoms with Gasteiger partial charge in [0.1, 0.15) is 11.0 Å². The Morgan fingerprint density at radius 1 is 1.57 bits per heavy atom. The van der Waals surface area contributed by atoms with Gasteiger partial charge in [0.05, 0.1) is 18.8 Å². The summed E-state index contributed by atoms with van der Waals surface area (Å²) in [6, 6.07) is 2.19. The highest BCUT2D eigenvalue weighted by Crippen LogP contribution is 2.36. The topological polar surface area (TPSA) is 90.9 Å². The predicted octanol–water partition coefficient (Wildman–Crippen LogP) is 1.22. The van der Waals surface area contributed by atoms with Crippen molar-refractivity contribution >= 4 is 5.91 Å². The molecule has 1 unspecified atom stereocenters. The molecule has 0 aromatic carbocycles. The second kappa shape index (κ2) is 5.86. The van der Waals surface area contributed by atoms with Crippen LogP contribution in [0.5, 0.6) is 0 Å². The minimum atomic E-state index is -1.20. The largest absolute Gasteiger partial charge is 0.383 e. The van der Waals surface area contributed by atoms with E-state index < -0.39 is 11.0 Å². The molecular formula is C15H22N4O2. The van der Waals surface area contributed by atoms with Crippen molar-refractivity contribution in [2.45, 2.75) is 44.6 Å². The average molecular weight is 290 g/mol. The third-order valence-corrected chi connectivity index (χ3v) is 4.28. The van der Waals surface area contributed by atoms with Crippen molar-refractivity contribution in [1.29, 1.82) is 5.26 Å². The highest BCUT2D eigenvalue weighted by Gasteiger charge is 2.40. The van der Waals surface area contributed by atoms with Gasteiger partial charge < -0.3 is 10.4 Å². The SMILES string of the molecule is Cn1cc(C(C)(O)CNC(=O)C2(C#N)CCCCC2)cn1. The fourth-order valence-corrected chi connectivity index (χ4v) is 2.77. The molecule has 1 aromatic rings. The molecule has 1 saturated carbocycles. The van der Waals surface area contributed by atoms with Gasteiger partial charge in [-0.05, 0) is 19.8 Å². The third-order valence-electron chi connectivity index (χ3n) is 4.28. The summed E-state index contributed by atoms with van der Waals surface area (Å²) in [6.45, 7) is 1.70. The molecule has 0 bridgehead atoms. The van der Waals surface area contributed by atoms with Crippen molar-refractivity contribution in [1.82, 2.24) is 15.1 Å². The molecule has 1 aromatic heterocycles. The third kappa shape index (κ3) is 3.24. The predicted molar refractivity (Wildman–Crippen MR) is 76.9 cm³/mol. The summed E-state index contributed by atoms with van der Waals surface area (Å²) in [5, 5.41) is 26.6. The molecule has 0 radical (unpaired) electrons. The molecule has 1 atom stereocenters. The summed E-state index contributed by atoms with van der Waals surface area (Å²) in [5.74, 6) is -0.270. The van der Waals surface area contributed by atoms with E-state index in [-0.39, 0.29) is 12.5 Å². The van der Waals surface area contributed by atoms with Gasteiger partial charge in [0.25, 0.3) is 0 Å². The van der Waals surface area contributed by atoms with Crippen LogP contribution in [0.4, 0.5) is 0 Å². The van der Waals surface area contributed by atoms with E-state index in [2.05, 4.69) is 16.5 Å². The molecule has 0 spiro atoms. The zero-order valence-electron chi connectivity index (χ0n) is 12.6. The van der Waals surface area contributed by atoms with Gasteiger partial charge in [-0.2, -0.15) is 10.4 Å². The van der Waals surface area contributed by atoms with Crippen LogP contribution in [0.1, 0.15) is 44.6 Å². The van der Waals surface area contributed by atoms with E-state index >= 15 is 0 Å². The Kier molecular flexibility index (Phi) is 4.33. The standard InChI is InChI=1S/C15H22N4O2/c1-14(21,12-8-18-19(2)9-12)11-17-13(20)15(10-16)6-4-3-5-7-15/h8-9,21H,3-7,11H2,1-2H3,(H,17,20). The number of hydrogen-bond donors (Lipinski definition) is 2. The normalized spacial score (nSPS) is 20.3. The maximum atomic E-state index is 12.4. The molecule has 114 valence electrons. The zero-order valence-corrected chi connectivity index (χ0v) is 12.6. The Labute approximate surface area is 124 Å². The number of nitriles is 1. The van der Waals surface area contributed by atoms with Crippen LogP contribution in [0, 0.1) is 16.7 Å². The monoisotopic (exact) mass is 290 g/mol. The van der Waals surface area contributed by atoms with Gasteiger partial charge >= 0.3 is 0 Å². The molecule has 6 nitrogen and oxygen atoms in total. The maximum absolute atomic E-state index is 12.4. The van der Waals surface area contributed by atoms with E-state index in [9.17, 15) is 15.2 Å². The summed E-state index contributed by atoms with van der Waals surface area (Å²) < 4.78 is 1.60. The van der Waals surface area contributed by atoms with Crippen molar-refractivity contribution in [3.05, 3.63) is 18.0 Å². The van der Waals surface area contributed by atoms with Crippen molar-refractivity contribution in [3.63, 3.8) is 0 Å². The minimum absolute atomic E-state index is 0.0704. The van der Waals surface area contributed by atoms with E-state index in [1.807, 2.05) is 0 Å². The van der Waals surface area contributed by atoms with Crippen LogP contribution in [-0.4, -0.2) is 27.3 Å². The van der Waals surface area contributed by atoms with E-state index in [0.29, 0.717) is 18.4 Å². The van der Waals surface area contributed by atoms with E-state index in [4.69, 9.17) is 0 Å². The molecule has 2 N–H and O–H groups in total. The van der Waals surface area contributed by atoms with Gasteiger partial charge in [-0.1, -0.05) is 19.3 Å². The smallest absolute Gasteiger partial charge is 0.240 e. The van der Waals surface area contributed by atoms with Crippen LogP contribution in [0.15, 0.2) is 12.4 Å². The van der Waals surface area contributed by atoms with Crippen LogP contribution >= 0.6 is 0 Å². The van der Waals surface area contributed by atoms with Gasteiger partial charge in [-0.15, -0.1) is 0 Å². The molecule has 0 saturated heterocycles. The van der Waals surface area contributed by atoms with Gasteiger partial charge in [0.2, 0.25) is 5.91 Å². The average Bonchev–Trinajstić information content (AvgIpc) is 2.93. The molecule has 2 rings (SSSR count). The van der Waals surface area contributed by atoms with Crippen LogP contribution in [0.2, 0.25) is 0 Å². The van der Waals surface area contributed by atoms with Crippen LogP contribution in [0.3, 0.4) is 0 Å². The first-order chi connectivity index (χ1) is 9.89. The number of carbonyl (C=O) groups excluding carboxylic acids is 1. The summed E-state index contributed by atoms with van der Waals surface area (Å²) in [5.41, 5.74) is -1.49. The lowest BCUT2D eigenvalue weighted by atomic mass is 9.74. The lowest BCUT2D eigenvalue weighted by molar-refractivity contribution is -0.130. The van der Waals surface area contributed by atoms with Crippen molar-refractivity contribution in [2.75, 3.05) is 6.54 Å².